The number of para-hydroxylation sites is 1. The largest absolute Gasteiger partial charge is 0.256 e. The molecule has 5 aromatic carbocycles. The van der Waals surface area contributed by atoms with E-state index in [-0.39, 0.29) is 0 Å². The number of hydrogen-bond acceptors (Lipinski definition) is 3. The highest BCUT2D eigenvalue weighted by atomic mass is 14.9. The zero-order valence-electron chi connectivity index (χ0n) is 20.6. The van der Waals surface area contributed by atoms with Crippen LogP contribution in [0, 0.1) is 0 Å². The Bertz CT molecular complexity index is 1910. The summed E-state index contributed by atoms with van der Waals surface area (Å²) in [7, 11) is 0. The molecule has 0 fully saturated rings. The maximum Gasteiger partial charge on any atom is 0.160 e. The minimum Gasteiger partial charge on any atom is -0.256 e. The first kappa shape index (κ1) is 22.1. The number of fused-ring (bicyclic) bond motifs is 2. The van der Waals surface area contributed by atoms with Gasteiger partial charge < -0.3 is 0 Å². The van der Waals surface area contributed by atoms with Crippen LogP contribution in [0.25, 0.3) is 66.7 Å². The zero-order chi connectivity index (χ0) is 25.3. The van der Waals surface area contributed by atoms with Crippen molar-refractivity contribution in [3.8, 4) is 45.0 Å². The van der Waals surface area contributed by atoms with E-state index in [1.165, 1.54) is 10.8 Å². The van der Waals surface area contributed by atoms with Crippen LogP contribution in [0.15, 0.2) is 140 Å². The third-order valence-electron chi connectivity index (χ3n) is 6.91. The van der Waals surface area contributed by atoms with Gasteiger partial charge in [-0.15, -0.1) is 0 Å². The number of rotatable bonds is 4. The number of pyridine rings is 1. The van der Waals surface area contributed by atoms with Crippen LogP contribution in [0.2, 0.25) is 0 Å². The summed E-state index contributed by atoms with van der Waals surface area (Å²) in [5, 5.41) is 3.54. The summed E-state index contributed by atoms with van der Waals surface area (Å²) in [5.74, 6) is 0.706. The first-order chi connectivity index (χ1) is 18.8. The molecule has 3 nitrogen and oxygen atoms in total. The van der Waals surface area contributed by atoms with E-state index in [0.717, 1.165) is 50.1 Å². The predicted molar refractivity (Wildman–Crippen MR) is 157 cm³/mol. The minimum absolute atomic E-state index is 0.706. The third-order valence-corrected chi connectivity index (χ3v) is 6.91. The first-order valence-corrected chi connectivity index (χ1v) is 12.7. The number of hydrogen-bond donors (Lipinski definition) is 0. The van der Waals surface area contributed by atoms with E-state index in [1.807, 2.05) is 42.6 Å². The van der Waals surface area contributed by atoms with Crippen molar-refractivity contribution >= 4 is 21.7 Å². The summed E-state index contributed by atoms with van der Waals surface area (Å²) in [6.45, 7) is 0. The average molecular weight is 486 g/mol. The molecule has 0 saturated carbocycles. The molecule has 0 unspecified atom stereocenters. The Kier molecular flexibility index (Phi) is 5.45. The van der Waals surface area contributed by atoms with Crippen LogP contribution in [0.1, 0.15) is 0 Å². The molecule has 0 saturated heterocycles. The van der Waals surface area contributed by atoms with Gasteiger partial charge in [-0.25, -0.2) is 9.97 Å². The lowest BCUT2D eigenvalue weighted by molar-refractivity contribution is 1.18. The zero-order valence-corrected chi connectivity index (χ0v) is 20.6. The van der Waals surface area contributed by atoms with E-state index in [0.29, 0.717) is 5.82 Å². The highest BCUT2D eigenvalue weighted by Gasteiger charge is 2.12. The molecule has 0 bridgehead atoms. The Morgan fingerprint density at radius 1 is 0.368 bits per heavy atom. The van der Waals surface area contributed by atoms with Gasteiger partial charge in [-0.05, 0) is 40.6 Å². The summed E-state index contributed by atoms with van der Waals surface area (Å²) < 4.78 is 0. The molecule has 0 spiro atoms. The first-order valence-electron chi connectivity index (χ1n) is 12.7. The van der Waals surface area contributed by atoms with Crippen LogP contribution in [0.3, 0.4) is 0 Å². The van der Waals surface area contributed by atoms with Gasteiger partial charge in [-0.3, -0.25) is 4.98 Å². The number of benzene rings is 5. The Morgan fingerprint density at radius 2 is 0.974 bits per heavy atom. The lowest BCUT2D eigenvalue weighted by atomic mass is 10.0. The van der Waals surface area contributed by atoms with Crippen molar-refractivity contribution in [1.29, 1.82) is 0 Å². The molecule has 0 radical (unpaired) electrons. The number of aromatic nitrogens is 3. The third kappa shape index (κ3) is 4.21. The molecule has 178 valence electrons. The van der Waals surface area contributed by atoms with Crippen molar-refractivity contribution in [2.75, 3.05) is 0 Å². The van der Waals surface area contributed by atoms with Gasteiger partial charge in [0.2, 0.25) is 0 Å². The molecule has 7 aromatic rings. The molecule has 7 rings (SSSR count). The van der Waals surface area contributed by atoms with Crippen LogP contribution in [0.4, 0.5) is 0 Å². The van der Waals surface area contributed by atoms with Crippen molar-refractivity contribution in [1.82, 2.24) is 15.0 Å². The van der Waals surface area contributed by atoms with E-state index in [4.69, 9.17) is 9.97 Å². The molecule has 0 aliphatic heterocycles. The van der Waals surface area contributed by atoms with Crippen molar-refractivity contribution in [2.45, 2.75) is 0 Å². The van der Waals surface area contributed by atoms with E-state index in [2.05, 4.69) is 102 Å². The smallest absolute Gasteiger partial charge is 0.160 e. The summed E-state index contributed by atoms with van der Waals surface area (Å²) >= 11 is 0. The van der Waals surface area contributed by atoms with Gasteiger partial charge in [0.1, 0.15) is 0 Å². The number of nitrogens with zero attached hydrogens (tertiary/aromatic N) is 3. The van der Waals surface area contributed by atoms with Crippen LogP contribution in [-0.2, 0) is 0 Å². The molecule has 38 heavy (non-hydrogen) atoms. The van der Waals surface area contributed by atoms with Crippen molar-refractivity contribution in [3.63, 3.8) is 0 Å². The fourth-order valence-electron chi connectivity index (χ4n) is 4.87. The van der Waals surface area contributed by atoms with Gasteiger partial charge in [0.05, 0.1) is 16.9 Å². The van der Waals surface area contributed by atoms with Gasteiger partial charge in [-0.1, -0.05) is 109 Å². The molecule has 3 heteroatoms. The second-order valence-electron chi connectivity index (χ2n) is 9.38. The predicted octanol–water partition coefficient (Wildman–Crippen LogP) is 8.85. The topological polar surface area (TPSA) is 38.7 Å². The van der Waals surface area contributed by atoms with Crippen LogP contribution in [-0.4, -0.2) is 15.0 Å². The van der Waals surface area contributed by atoms with Crippen LogP contribution >= 0.6 is 0 Å². The minimum atomic E-state index is 0.706. The maximum absolute atomic E-state index is 5.03. The molecule has 2 heterocycles. The average Bonchev–Trinajstić information content (AvgIpc) is 3.01. The second kappa shape index (κ2) is 9.38. The fraction of sp³-hybridized carbons (Fsp3) is 0. The van der Waals surface area contributed by atoms with Gasteiger partial charge in [0, 0.05) is 33.8 Å². The molecule has 2 aromatic heterocycles. The van der Waals surface area contributed by atoms with Gasteiger partial charge >= 0.3 is 0 Å². The van der Waals surface area contributed by atoms with Gasteiger partial charge in [0.25, 0.3) is 0 Å². The molecule has 0 amide bonds. The Balaban J connectivity index is 1.32. The molecule has 0 N–H and O–H groups in total. The highest BCUT2D eigenvalue weighted by Crippen LogP contribution is 2.30. The SMILES string of the molecule is c1ccc(-c2cc(-c3ccc4ccccc4c3)nc(-c3ccc(-c4cnc5ccccc5c4)cc3)n2)cc1. The lowest BCUT2D eigenvalue weighted by Gasteiger charge is -2.11. The van der Waals surface area contributed by atoms with E-state index < -0.39 is 0 Å². The molecule has 0 aliphatic carbocycles. The van der Waals surface area contributed by atoms with Crippen LogP contribution in [0.5, 0.6) is 0 Å². The maximum atomic E-state index is 5.03. The van der Waals surface area contributed by atoms with Crippen LogP contribution < -0.4 is 0 Å². The molecule has 0 atom stereocenters. The van der Waals surface area contributed by atoms with Gasteiger partial charge in [-0.2, -0.15) is 0 Å². The Morgan fingerprint density at radius 3 is 1.79 bits per heavy atom. The molecule has 0 aliphatic rings. The van der Waals surface area contributed by atoms with E-state index in [1.54, 1.807) is 0 Å². The summed E-state index contributed by atoms with van der Waals surface area (Å²) in [5.41, 5.74) is 8.12. The van der Waals surface area contributed by atoms with Crippen molar-refractivity contribution in [2.24, 2.45) is 0 Å². The molecular formula is C35H23N3. The van der Waals surface area contributed by atoms with Crippen molar-refractivity contribution in [3.05, 3.63) is 140 Å². The van der Waals surface area contributed by atoms with E-state index >= 15 is 0 Å². The molecular weight excluding hydrogens is 462 g/mol. The standard InChI is InChI=1S/C35H23N3/c1-2-9-26(10-3-1)33-22-34(30-19-16-24-8-4-5-11-28(24)20-30)38-35(37-33)27-17-14-25(15-18-27)31-21-29-12-6-7-13-32(29)36-23-31/h1-23H. The monoisotopic (exact) mass is 485 g/mol. The van der Waals surface area contributed by atoms with E-state index in [9.17, 15) is 0 Å². The second-order valence-corrected chi connectivity index (χ2v) is 9.38. The Labute approximate surface area is 221 Å². The summed E-state index contributed by atoms with van der Waals surface area (Å²) in [6.07, 6.45) is 1.93. The summed E-state index contributed by atoms with van der Waals surface area (Å²) in [4.78, 5) is 14.6. The summed E-state index contributed by atoms with van der Waals surface area (Å²) in [6, 6.07) is 46.1. The Hall–Kier alpha value is -5.15. The fourth-order valence-corrected chi connectivity index (χ4v) is 4.87. The quantitative estimate of drug-likeness (QED) is 0.250. The normalized spacial score (nSPS) is 11.2. The van der Waals surface area contributed by atoms with Gasteiger partial charge in [0.15, 0.2) is 5.82 Å². The lowest BCUT2D eigenvalue weighted by Crippen LogP contribution is -1.96. The highest BCUT2D eigenvalue weighted by molar-refractivity contribution is 5.87. The van der Waals surface area contributed by atoms with Crippen molar-refractivity contribution < 1.29 is 0 Å².